The Morgan fingerprint density at radius 3 is 2.95 bits per heavy atom. The van der Waals surface area contributed by atoms with E-state index in [0.717, 1.165) is 29.1 Å². The van der Waals surface area contributed by atoms with E-state index in [-0.39, 0.29) is 5.91 Å². The van der Waals surface area contributed by atoms with E-state index < -0.39 is 0 Å². The summed E-state index contributed by atoms with van der Waals surface area (Å²) in [7, 11) is 0. The Bertz CT molecular complexity index is 568. The highest BCUT2D eigenvalue weighted by Gasteiger charge is 2.22. The molecule has 1 aliphatic carbocycles. The number of hydrogen-bond donors (Lipinski definition) is 1. The summed E-state index contributed by atoms with van der Waals surface area (Å²) in [5, 5.41) is 9.36. The van der Waals surface area contributed by atoms with Crippen LogP contribution in [-0.4, -0.2) is 15.7 Å². The van der Waals surface area contributed by atoms with Gasteiger partial charge in [-0.05, 0) is 31.2 Å². The molecule has 100 valence electrons. The Kier molecular flexibility index (Phi) is 3.38. The van der Waals surface area contributed by atoms with Crippen LogP contribution in [0.2, 0.25) is 0 Å². The summed E-state index contributed by atoms with van der Waals surface area (Å²) < 4.78 is 1.99. The van der Waals surface area contributed by atoms with Crippen LogP contribution < -0.4 is 5.32 Å². The van der Waals surface area contributed by atoms with Crippen molar-refractivity contribution in [3.05, 3.63) is 34.2 Å². The van der Waals surface area contributed by atoms with Crippen LogP contribution >= 0.6 is 11.3 Å². The van der Waals surface area contributed by atoms with Crippen molar-refractivity contribution in [2.75, 3.05) is 5.32 Å². The van der Waals surface area contributed by atoms with Crippen molar-refractivity contribution in [2.45, 2.75) is 38.6 Å². The molecule has 2 heterocycles. The van der Waals surface area contributed by atoms with Gasteiger partial charge in [-0.2, -0.15) is 5.10 Å². The maximum absolute atomic E-state index is 12.2. The van der Waals surface area contributed by atoms with Gasteiger partial charge < -0.3 is 5.32 Å². The molecule has 2 aromatic heterocycles. The van der Waals surface area contributed by atoms with Gasteiger partial charge in [0.25, 0.3) is 5.91 Å². The molecule has 0 bridgehead atoms. The van der Waals surface area contributed by atoms with E-state index in [1.54, 1.807) is 0 Å². The molecule has 1 fully saturated rings. The lowest BCUT2D eigenvalue weighted by molar-refractivity contribution is 0.102. The molecule has 3 rings (SSSR count). The van der Waals surface area contributed by atoms with E-state index in [9.17, 15) is 4.79 Å². The molecule has 0 unspecified atom stereocenters. The first kappa shape index (κ1) is 12.4. The first-order chi connectivity index (χ1) is 9.25. The third-order valence-corrected chi connectivity index (χ3v) is 4.49. The van der Waals surface area contributed by atoms with Gasteiger partial charge in [-0.1, -0.05) is 18.9 Å². The number of carbonyl (C=O) groups excluding carboxylic acids is 1. The Labute approximate surface area is 116 Å². The lowest BCUT2D eigenvalue weighted by Crippen LogP contribution is -2.17. The second-order valence-electron chi connectivity index (χ2n) is 4.99. The van der Waals surface area contributed by atoms with Crippen molar-refractivity contribution in [1.82, 2.24) is 9.78 Å². The number of nitrogens with one attached hydrogen (secondary N) is 1. The number of nitrogens with zero attached hydrogens (tertiary/aromatic N) is 2. The van der Waals surface area contributed by atoms with Gasteiger partial charge in [-0.3, -0.25) is 4.79 Å². The third kappa shape index (κ3) is 2.42. The zero-order valence-corrected chi connectivity index (χ0v) is 11.7. The van der Waals surface area contributed by atoms with E-state index in [4.69, 9.17) is 0 Å². The summed E-state index contributed by atoms with van der Waals surface area (Å²) >= 11 is 1.46. The Morgan fingerprint density at radius 1 is 1.47 bits per heavy atom. The molecular weight excluding hydrogens is 258 g/mol. The fourth-order valence-electron chi connectivity index (χ4n) is 2.61. The normalized spacial score (nSPS) is 15.8. The zero-order valence-electron chi connectivity index (χ0n) is 10.9. The van der Waals surface area contributed by atoms with Crippen molar-refractivity contribution in [3.63, 3.8) is 0 Å². The maximum atomic E-state index is 12.2. The minimum absolute atomic E-state index is 0.0437. The molecule has 4 nitrogen and oxygen atoms in total. The smallest absolute Gasteiger partial charge is 0.266 e. The average molecular weight is 275 g/mol. The van der Waals surface area contributed by atoms with Gasteiger partial charge in [0.1, 0.15) is 5.82 Å². The number of amides is 1. The SMILES string of the molecule is Cc1cnn(C2CCCC2)c1NC(=O)c1cccs1. The first-order valence-electron chi connectivity index (χ1n) is 6.64. The summed E-state index contributed by atoms with van der Waals surface area (Å²) in [4.78, 5) is 12.9. The molecule has 0 saturated heterocycles. The molecule has 2 aromatic rings. The van der Waals surface area contributed by atoms with Crippen LogP contribution in [0.5, 0.6) is 0 Å². The molecule has 1 saturated carbocycles. The quantitative estimate of drug-likeness (QED) is 0.930. The predicted octanol–water partition coefficient (Wildman–Crippen LogP) is 3.62. The highest BCUT2D eigenvalue weighted by atomic mass is 32.1. The number of hydrogen-bond acceptors (Lipinski definition) is 3. The molecule has 0 spiro atoms. The summed E-state index contributed by atoms with van der Waals surface area (Å²) in [5.41, 5.74) is 1.02. The number of aromatic nitrogens is 2. The minimum Gasteiger partial charge on any atom is -0.306 e. The van der Waals surface area contributed by atoms with Gasteiger partial charge >= 0.3 is 0 Å². The average Bonchev–Trinajstić information content (AvgIpc) is 3.10. The molecular formula is C14H17N3OS. The number of aryl methyl sites for hydroxylation is 1. The number of anilines is 1. The lowest BCUT2D eigenvalue weighted by atomic mass is 10.2. The van der Waals surface area contributed by atoms with Crippen molar-refractivity contribution in [2.24, 2.45) is 0 Å². The van der Waals surface area contributed by atoms with Crippen LogP contribution in [0.4, 0.5) is 5.82 Å². The largest absolute Gasteiger partial charge is 0.306 e. The lowest BCUT2D eigenvalue weighted by Gasteiger charge is -2.15. The molecule has 0 atom stereocenters. The van der Waals surface area contributed by atoms with Gasteiger partial charge in [-0.25, -0.2) is 4.68 Å². The fourth-order valence-corrected chi connectivity index (χ4v) is 3.23. The molecule has 0 radical (unpaired) electrons. The Balaban J connectivity index is 1.84. The predicted molar refractivity (Wildman–Crippen MR) is 76.7 cm³/mol. The van der Waals surface area contributed by atoms with E-state index in [1.165, 1.54) is 24.2 Å². The summed E-state index contributed by atoms with van der Waals surface area (Å²) in [6.07, 6.45) is 6.65. The summed E-state index contributed by atoms with van der Waals surface area (Å²) in [5.74, 6) is 0.808. The molecule has 1 N–H and O–H groups in total. The highest BCUT2D eigenvalue weighted by Crippen LogP contribution is 2.32. The van der Waals surface area contributed by atoms with Crippen LogP contribution in [0.1, 0.15) is 47.0 Å². The summed E-state index contributed by atoms with van der Waals surface area (Å²) in [6.45, 7) is 1.99. The second-order valence-corrected chi connectivity index (χ2v) is 5.94. The molecule has 1 amide bonds. The third-order valence-electron chi connectivity index (χ3n) is 3.63. The van der Waals surface area contributed by atoms with Crippen molar-refractivity contribution < 1.29 is 4.79 Å². The van der Waals surface area contributed by atoms with E-state index >= 15 is 0 Å². The van der Waals surface area contributed by atoms with E-state index in [1.807, 2.05) is 35.3 Å². The van der Waals surface area contributed by atoms with Gasteiger partial charge in [0.2, 0.25) is 0 Å². The van der Waals surface area contributed by atoms with Crippen molar-refractivity contribution in [1.29, 1.82) is 0 Å². The molecule has 19 heavy (non-hydrogen) atoms. The highest BCUT2D eigenvalue weighted by molar-refractivity contribution is 7.12. The minimum atomic E-state index is -0.0437. The number of carbonyl (C=O) groups is 1. The van der Waals surface area contributed by atoms with Gasteiger partial charge in [0.15, 0.2) is 0 Å². The van der Waals surface area contributed by atoms with E-state index in [0.29, 0.717) is 6.04 Å². The number of thiophene rings is 1. The molecule has 5 heteroatoms. The van der Waals surface area contributed by atoms with Crippen LogP contribution in [-0.2, 0) is 0 Å². The van der Waals surface area contributed by atoms with Crippen LogP contribution in [0, 0.1) is 6.92 Å². The number of rotatable bonds is 3. The Hall–Kier alpha value is -1.62. The van der Waals surface area contributed by atoms with Crippen molar-refractivity contribution >= 4 is 23.1 Å². The van der Waals surface area contributed by atoms with Gasteiger partial charge in [0.05, 0.1) is 17.1 Å². The maximum Gasteiger partial charge on any atom is 0.266 e. The monoisotopic (exact) mass is 275 g/mol. The Morgan fingerprint density at radius 2 is 2.26 bits per heavy atom. The van der Waals surface area contributed by atoms with Crippen LogP contribution in [0.15, 0.2) is 23.7 Å². The molecule has 1 aliphatic rings. The summed E-state index contributed by atoms with van der Waals surface area (Å²) in [6, 6.07) is 4.17. The fraction of sp³-hybridized carbons (Fsp3) is 0.429. The molecule has 0 aromatic carbocycles. The van der Waals surface area contributed by atoms with Gasteiger partial charge in [0, 0.05) is 5.56 Å². The zero-order chi connectivity index (χ0) is 13.2. The van der Waals surface area contributed by atoms with Crippen LogP contribution in [0.25, 0.3) is 0 Å². The first-order valence-corrected chi connectivity index (χ1v) is 7.52. The van der Waals surface area contributed by atoms with Gasteiger partial charge in [-0.15, -0.1) is 11.3 Å². The van der Waals surface area contributed by atoms with Crippen molar-refractivity contribution in [3.8, 4) is 0 Å². The standard InChI is InChI=1S/C14H17N3OS/c1-10-9-15-17(11-5-2-3-6-11)13(10)16-14(18)12-7-4-8-19-12/h4,7-9,11H,2-3,5-6H2,1H3,(H,16,18). The second kappa shape index (κ2) is 5.17. The van der Waals surface area contributed by atoms with E-state index in [2.05, 4.69) is 10.4 Å². The topological polar surface area (TPSA) is 46.9 Å². The molecule has 0 aliphatic heterocycles. The van der Waals surface area contributed by atoms with Crippen LogP contribution in [0.3, 0.4) is 0 Å².